The summed E-state index contributed by atoms with van der Waals surface area (Å²) in [6, 6.07) is 0. The molecule has 2 aliphatic rings. The summed E-state index contributed by atoms with van der Waals surface area (Å²) in [4.78, 5) is 0. The van der Waals surface area contributed by atoms with Crippen molar-refractivity contribution in [3.05, 3.63) is 0 Å². The molecule has 0 bridgehead atoms. The third kappa shape index (κ3) is 1.80. The van der Waals surface area contributed by atoms with E-state index in [4.69, 9.17) is 4.74 Å². The van der Waals surface area contributed by atoms with E-state index in [1.54, 1.807) is 0 Å². The van der Waals surface area contributed by atoms with Crippen molar-refractivity contribution in [2.45, 2.75) is 38.1 Å². The zero-order valence-electron chi connectivity index (χ0n) is 7.94. The van der Waals surface area contributed by atoms with E-state index in [-0.39, 0.29) is 5.54 Å². The van der Waals surface area contributed by atoms with Gasteiger partial charge in [0.05, 0.1) is 13.2 Å². The summed E-state index contributed by atoms with van der Waals surface area (Å²) in [6.45, 7) is 5.12. The standard InChI is InChI=1S/C10H19NO/c1-10(7-9-3-2-4-9)8-12-6-5-11-10/h9,11H,2-8H2,1H3. The molecule has 2 rings (SSSR count). The van der Waals surface area contributed by atoms with Gasteiger partial charge in [0.25, 0.3) is 0 Å². The van der Waals surface area contributed by atoms with Gasteiger partial charge in [-0.15, -0.1) is 0 Å². The van der Waals surface area contributed by atoms with E-state index in [9.17, 15) is 0 Å². The Balaban J connectivity index is 1.81. The molecule has 0 radical (unpaired) electrons. The molecule has 0 aromatic rings. The highest BCUT2D eigenvalue weighted by Crippen LogP contribution is 2.34. The van der Waals surface area contributed by atoms with Crippen molar-refractivity contribution in [3.8, 4) is 0 Å². The lowest BCUT2D eigenvalue weighted by Gasteiger charge is -2.40. The van der Waals surface area contributed by atoms with Crippen molar-refractivity contribution >= 4 is 0 Å². The molecule has 2 fully saturated rings. The van der Waals surface area contributed by atoms with Gasteiger partial charge in [-0.2, -0.15) is 0 Å². The van der Waals surface area contributed by atoms with E-state index >= 15 is 0 Å². The van der Waals surface area contributed by atoms with Gasteiger partial charge < -0.3 is 10.1 Å². The highest BCUT2D eigenvalue weighted by molar-refractivity contribution is 4.89. The van der Waals surface area contributed by atoms with Gasteiger partial charge in [0.15, 0.2) is 0 Å². The summed E-state index contributed by atoms with van der Waals surface area (Å²) in [5.74, 6) is 0.976. The van der Waals surface area contributed by atoms with E-state index in [2.05, 4.69) is 12.2 Å². The van der Waals surface area contributed by atoms with Crippen LogP contribution in [0.2, 0.25) is 0 Å². The number of morpholine rings is 1. The predicted molar refractivity (Wildman–Crippen MR) is 49.2 cm³/mol. The fourth-order valence-corrected chi connectivity index (χ4v) is 2.24. The van der Waals surface area contributed by atoms with Gasteiger partial charge in [0.1, 0.15) is 0 Å². The number of rotatable bonds is 2. The second kappa shape index (κ2) is 3.35. The van der Waals surface area contributed by atoms with Gasteiger partial charge in [-0.25, -0.2) is 0 Å². The maximum Gasteiger partial charge on any atom is 0.0646 e. The molecular weight excluding hydrogens is 150 g/mol. The highest BCUT2D eigenvalue weighted by Gasteiger charge is 2.32. The quantitative estimate of drug-likeness (QED) is 0.677. The van der Waals surface area contributed by atoms with Crippen molar-refractivity contribution in [3.63, 3.8) is 0 Å². The van der Waals surface area contributed by atoms with Crippen LogP contribution in [0, 0.1) is 5.92 Å². The lowest BCUT2D eigenvalue weighted by atomic mass is 9.76. The molecule has 1 saturated carbocycles. The van der Waals surface area contributed by atoms with Crippen LogP contribution in [0.5, 0.6) is 0 Å². The van der Waals surface area contributed by atoms with Crippen LogP contribution in [0.1, 0.15) is 32.6 Å². The SMILES string of the molecule is CC1(CC2CCC2)COCCN1. The summed E-state index contributed by atoms with van der Waals surface area (Å²) in [5, 5.41) is 3.57. The van der Waals surface area contributed by atoms with Crippen LogP contribution in [-0.2, 0) is 4.74 Å². The van der Waals surface area contributed by atoms with Crippen LogP contribution in [0.4, 0.5) is 0 Å². The largest absolute Gasteiger partial charge is 0.378 e. The Morgan fingerprint density at radius 1 is 1.50 bits per heavy atom. The van der Waals surface area contributed by atoms with Gasteiger partial charge in [-0.05, 0) is 19.3 Å². The average Bonchev–Trinajstić information content (AvgIpc) is 1.99. The first kappa shape index (κ1) is 8.52. The van der Waals surface area contributed by atoms with Gasteiger partial charge in [-0.1, -0.05) is 19.3 Å². The number of hydrogen-bond donors (Lipinski definition) is 1. The maximum atomic E-state index is 5.49. The smallest absolute Gasteiger partial charge is 0.0646 e. The summed E-state index contributed by atoms with van der Waals surface area (Å²) in [7, 11) is 0. The third-order valence-corrected chi connectivity index (χ3v) is 3.18. The molecule has 0 aromatic heterocycles. The Bertz CT molecular complexity index is 148. The molecule has 0 amide bonds. The van der Waals surface area contributed by atoms with Crippen molar-refractivity contribution in [2.24, 2.45) is 5.92 Å². The highest BCUT2D eigenvalue weighted by atomic mass is 16.5. The minimum atomic E-state index is 0.281. The lowest BCUT2D eigenvalue weighted by molar-refractivity contribution is 0.0177. The van der Waals surface area contributed by atoms with Gasteiger partial charge in [0, 0.05) is 12.1 Å². The molecule has 1 unspecified atom stereocenters. The van der Waals surface area contributed by atoms with E-state index in [1.807, 2.05) is 0 Å². The van der Waals surface area contributed by atoms with Crippen LogP contribution in [0.25, 0.3) is 0 Å². The van der Waals surface area contributed by atoms with Gasteiger partial charge >= 0.3 is 0 Å². The Hall–Kier alpha value is -0.0800. The van der Waals surface area contributed by atoms with Crippen molar-refractivity contribution < 1.29 is 4.74 Å². The van der Waals surface area contributed by atoms with Crippen LogP contribution < -0.4 is 5.32 Å². The number of hydrogen-bond acceptors (Lipinski definition) is 2. The van der Waals surface area contributed by atoms with E-state index in [0.717, 1.165) is 25.7 Å². The third-order valence-electron chi connectivity index (χ3n) is 3.18. The van der Waals surface area contributed by atoms with Crippen molar-refractivity contribution in [2.75, 3.05) is 19.8 Å². The van der Waals surface area contributed by atoms with Gasteiger partial charge in [-0.3, -0.25) is 0 Å². The Morgan fingerprint density at radius 3 is 2.83 bits per heavy atom. The van der Waals surface area contributed by atoms with E-state index < -0.39 is 0 Å². The Morgan fingerprint density at radius 2 is 2.33 bits per heavy atom. The van der Waals surface area contributed by atoms with Gasteiger partial charge in [0.2, 0.25) is 0 Å². The molecule has 0 spiro atoms. The van der Waals surface area contributed by atoms with Crippen LogP contribution in [0.15, 0.2) is 0 Å². The van der Waals surface area contributed by atoms with Crippen LogP contribution >= 0.6 is 0 Å². The zero-order valence-corrected chi connectivity index (χ0v) is 7.94. The summed E-state index contributed by atoms with van der Waals surface area (Å²) in [6.07, 6.45) is 5.64. The fraction of sp³-hybridized carbons (Fsp3) is 1.00. The van der Waals surface area contributed by atoms with Crippen molar-refractivity contribution in [1.82, 2.24) is 5.32 Å². The average molecular weight is 169 g/mol. The second-order valence-corrected chi connectivity index (χ2v) is 4.54. The molecule has 1 heterocycles. The van der Waals surface area contributed by atoms with E-state index in [1.165, 1.54) is 25.7 Å². The first-order valence-electron chi connectivity index (χ1n) is 5.11. The minimum Gasteiger partial charge on any atom is -0.378 e. The topological polar surface area (TPSA) is 21.3 Å². The first-order chi connectivity index (χ1) is 5.79. The molecule has 12 heavy (non-hydrogen) atoms. The summed E-state index contributed by atoms with van der Waals surface area (Å²) in [5.41, 5.74) is 0.281. The predicted octanol–water partition coefficient (Wildman–Crippen LogP) is 1.56. The normalized spacial score (nSPS) is 37.8. The molecule has 1 saturated heterocycles. The van der Waals surface area contributed by atoms with Crippen molar-refractivity contribution in [1.29, 1.82) is 0 Å². The number of ether oxygens (including phenoxy) is 1. The fourth-order valence-electron chi connectivity index (χ4n) is 2.24. The molecule has 1 aliphatic carbocycles. The summed E-state index contributed by atoms with van der Waals surface area (Å²) >= 11 is 0. The van der Waals surface area contributed by atoms with E-state index in [0.29, 0.717) is 0 Å². The molecule has 1 N–H and O–H groups in total. The molecule has 0 aromatic carbocycles. The molecule has 1 atom stereocenters. The zero-order chi connectivity index (χ0) is 8.44. The molecular formula is C10H19NO. The summed E-state index contributed by atoms with van der Waals surface area (Å²) < 4.78 is 5.49. The molecule has 1 aliphatic heterocycles. The molecule has 2 heteroatoms. The number of nitrogens with one attached hydrogen (secondary N) is 1. The molecule has 70 valence electrons. The Labute approximate surface area is 74.7 Å². The monoisotopic (exact) mass is 169 g/mol. The second-order valence-electron chi connectivity index (χ2n) is 4.54. The lowest BCUT2D eigenvalue weighted by Crippen LogP contribution is -2.53. The van der Waals surface area contributed by atoms with Crippen LogP contribution in [0.3, 0.4) is 0 Å². The molecule has 2 nitrogen and oxygen atoms in total. The first-order valence-corrected chi connectivity index (χ1v) is 5.11. The minimum absolute atomic E-state index is 0.281. The van der Waals surface area contributed by atoms with Crippen LogP contribution in [-0.4, -0.2) is 25.3 Å². The Kier molecular flexibility index (Phi) is 2.37. The maximum absolute atomic E-state index is 5.49.